The highest BCUT2D eigenvalue weighted by Gasteiger charge is 2.18. The van der Waals surface area contributed by atoms with Crippen LogP contribution in [0.25, 0.3) is 10.8 Å². The van der Waals surface area contributed by atoms with E-state index in [1.54, 1.807) is 0 Å². The number of pyridine rings is 1. The molecule has 3 rings (SSSR count). The Kier molecular flexibility index (Phi) is 3.48. The zero-order chi connectivity index (χ0) is 13.9. The summed E-state index contributed by atoms with van der Waals surface area (Å²) in [6.45, 7) is 3.02. The number of rotatable bonds is 4. The van der Waals surface area contributed by atoms with E-state index in [9.17, 15) is 0 Å². The summed E-state index contributed by atoms with van der Waals surface area (Å²) in [6.07, 6.45) is 5.59. The molecule has 0 bridgehead atoms. The van der Waals surface area contributed by atoms with Crippen LogP contribution in [0.2, 0.25) is 0 Å². The molecule has 3 aromatic rings. The minimum Gasteiger partial charge on any atom is -0.305 e. The van der Waals surface area contributed by atoms with Gasteiger partial charge in [-0.05, 0) is 29.6 Å². The Morgan fingerprint density at radius 2 is 2.10 bits per heavy atom. The lowest BCUT2D eigenvalue weighted by Crippen LogP contribution is -2.24. The van der Waals surface area contributed by atoms with Crippen molar-refractivity contribution in [1.29, 1.82) is 0 Å². The zero-order valence-electron chi connectivity index (χ0n) is 11.7. The molecular weight excluding hydrogens is 248 g/mol. The molecule has 1 atom stereocenters. The van der Waals surface area contributed by atoms with Crippen molar-refractivity contribution in [2.24, 2.45) is 7.05 Å². The maximum Gasteiger partial charge on any atom is 0.0754 e. The van der Waals surface area contributed by atoms with E-state index in [1.165, 1.54) is 10.9 Å². The molecule has 20 heavy (non-hydrogen) atoms. The first-order chi connectivity index (χ1) is 9.81. The normalized spacial score (nSPS) is 12.7. The van der Waals surface area contributed by atoms with E-state index in [0.29, 0.717) is 0 Å². The van der Waals surface area contributed by atoms with Crippen LogP contribution in [0.1, 0.15) is 24.2 Å². The van der Waals surface area contributed by atoms with Gasteiger partial charge in [0.15, 0.2) is 0 Å². The topological polar surface area (TPSA) is 42.7 Å². The fraction of sp³-hybridized carbons (Fsp3) is 0.250. The number of fused-ring (bicyclic) bond motifs is 1. The van der Waals surface area contributed by atoms with Crippen LogP contribution in [0.3, 0.4) is 0 Å². The fourth-order valence-corrected chi connectivity index (χ4v) is 2.64. The smallest absolute Gasteiger partial charge is 0.0754 e. The highest BCUT2D eigenvalue weighted by Crippen LogP contribution is 2.28. The Balaban J connectivity index is 2.17. The second-order valence-electron chi connectivity index (χ2n) is 4.81. The molecule has 102 valence electrons. The first-order valence-electron chi connectivity index (χ1n) is 6.85. The van der Waals surface area contributed by atoms with E-state index in [2.05, 4.69) is 52.7 Å². The van der Waals surface area contributed by atoms with Crippen LogP contribution in [-0.2, 0) is 7.05 Å². The van der Waals surface area contributed by atoms with Crippen LogP contribution in [0, 0.1) is 0 Å². The van der Waals surface area contributed by atoms with Crippen molar-refractivity contribution in [3.05, 3.63) is 60.2 Å². The van der Waals surface area contributed by atoms with E-state index in [4.69, 9.17) is 0 Å². The van der Waals surface area contributed by atoms with Crippen molar-refractivity contribution >= 4 is 10.8 Å². The van der Waals surface area contributed by atoms with Crippen LogP contribution >= 0.6 is 0 Å². The van der Waals surface area contributed by atoms with Crippen LogP contribution in [-0.4, -0.2) is 21.3 Å². The molecule has 0 aliphatic rings. The molecule has 2 heterocycles. The predicted molar refractivity (Wildman–Crippen MR) is 80.5 cm³/mol. The molecule has 4 heteroatoms. The molecule has 0 spiro atoms. The number of hydrogen-bond donors (Lipinski definition) is 1. The summed E-state index contributed by atoms with van der Waals surface area (Å²) in [5.74, 6) is 0. The SMILES string of the molecule is CCNC(c1cccc2cnccc12)c1ccnn1C. The maximum absolute atomic E-state index is 4.29. The van der Waals surface area contributed by atoms with Gasteiger partial charge < -0.3 is 5.32 Å². The molecule has 0 saturated carbocycles. The van der Waals surface area contributed by atoms with E-state index in [1.807, 2.05) is 30.3 Å². The molecule has 1 N–H and O–H groups in total. The van der Waals surface area contributed by atoms with Gasteiger partial charge in [0, 0.05) is 31.0 Å². The van der Waals surface area contributed by atoms with Crippen LogP contribution in [0.5, 0.6) is 0 Å². The molecule has 1 unspecified atom stereocenters. The molecule has 0 amide bonds. The number of aryl methyl sites for hydroxylation is 1. The van der Waals surface area contributed by atoms with Gasteiger partial charge in [-0.3, -0.25) is 9.67 Å². The van der Waals surface area contributed by atoms with Crippen molar-refractivity contribution in [2.45, 2.75) is 13.0 Å². The van der Waals surface area contributed by atoms with Crippen molar-refractivity contribution in [3.8, 4) is 0 Å². The van der Waals surface area contributed by atoms with Crippen molar-refractivity contribution in [3.63, 3.8) is 0 Å². The Labute approximate surface area is 118 Å². The third-order valence-corrected chi connectivity index (χ3v) is 3.59. The van der Waals surface area contributed by atoms with Gasteiger partial charge in [0.1, 0.15) is 0 Å². The molecule has 0 aliphatic carbocycles. The highest BCUT2D eigenvalue weighted by atomic mass is 15.3. The summed E-state index contributed by atoms with van der Waals surface area (Å²) in [6, 6.07) is 10.6. The standard InChI is InChI=1S/C16H18N4/c1-3-18-16(15-8-10-19-20(15)2)14-6-4-5-12-11-17-9-7-13(12)14/h4-11,16,18H,3H2,1-2H3. The molecule has 0 radical (unpaired) electrons. The fourth-order valence-electron chi connectivity index (χ4n) is 2.64. The lowest BCUT2D eigenvalue weighted by atomic mass is 9.97. The van der Waals surface area contributed by atoms with Crippen molar-refractivity contribution < 1.29 is 0 Å². The number of aromatic nitrogens is 3. The number of benzene rings is 1. The molecule has 2 aromatic heterocycles. The van der Waals surface area contributed by atoms with Gasteiger partial charge in [0.05, 0.1) is 11.7 Å². The molecule has 0 aliphatic heterocycles. The van der Waals surface area contributed by atoms with Crippen LogP contribution in [0.15, 0.2) is 48.9 Å². The molecular formula is C16H18N4. The Morgan fingerprint density at radius 3 is 2.85 bits per heavy atom. The molecule has 0 fully saturated rings. The second kappa shape index (κ2) is 5.43. The van der Waals surface area contributed by atoms with Gasteiger partial charge in [-0.2, -0.15) is 5.10 Å². The third kappa shape index (κ3) is 2.18. The van der Waals surface area contributed by atoms with Crippen LogP contribution < -0.4 is 5.32 Å². The lowest BCUT2D eigenvalue weighted by Gasteiger charge is -2.20. The minimum absolute atomic E-state index is 0.138. The Morgan fingerprint density at radius 1 is 1.20 bits per heavy atom. The predicted octanol–water partition coefficient (Wildman–Crippen LogP) is 2.67. The number of nitrogens with one attached hydrogen (secondary N) is 1. The summed E-state index contributed by atoms with van der Waals surface area (Å²) in [7, 11) is 1.98. The van der Waals surface area contributed by atoms with Gasteiger partial charge in [0.25, 0.3) is 0 Å². The van der Waals surface area contributed by atoms with E-state index >= 15 is 0 Å². The second-order valence-corrected chi connectivity index (χ2v) is 4.81. The van der Waals surface area contributed by atoms with E-state index < -0.39 is 0 Å². The van der Waals surface area contributed by atoms with Crippen molar-refractivity contribution in [1.82, 2.24) is 20.1 Å². The zero-order valence-corrected chi connectivity index (χ0v) is 11.7. The largest absolute Gasteiger partial charge is 0.305 e. The summed E-state index contributed by atoms with van der Waals surface area (Å²) in [5, 5.41) is 10.2. The molecule has 0 saturated heterocycles. The maximum atomic E-state index is 4.29. The Bertz CT molecular complexity index is 712. The van der Waals surface area contributed by atoms with Gasteiger partial charge >= 0.3 is 0 Å². The molecule has 4 nitrogen and oxygen atoms in total. The lowest BCUT2D eigenvalue weighted by molar-refractivity contribution is 0.575. The average Bonchev–Trinajstić information content (AvgIpc) is 2.90. The number of nitrogens with zero attached hydrogens (tertiary/aromatic N) is 3. The quantitative estimate of drug-likeness (QED) is 0.789. The summed E-state index contributed by atoms with van der Waals surface area (Å²) >= 11 is 0. The van der Waals surface area contributed by atoms with Gasteiger partial charge in [0.2, 0.25) is 0 Å². The summed E-state index contributed by atoms with van der Waals surface area (Å²) in [4.78, 5) is 4.20. The highest BCUT2D eigenvalue weighted by molar-refractivity contribution is 5.85. The van der Waals surface area contributed by atoms with Crippen LogP contribution in [0.4, 0.5) is 0 Å². The first kappa shape index (κ1) is 12.8. The minimum atomic E-state index is 0.138. The molecule has 1 aromatic carbocycles. The Hall–Kier alpha value is -2.20. The van der Waals surface area contributed by atoms with Gasteiger partial charge in [-0.15, -0.1) is 0 Å². The van der Waals surface area contributed by atoms with Gasteiger partial charge in [-0.25, -0.2) is 0 Å². The summed E-state index contributed by atoms with van der Waals surface area (Å²) < 4.78 is 1.92. The third-order valence-electron chi connectivity index (χ3n) is 3.59. The van der Waals surface area contributed by atoms with Crippen molar-refractivity contribution in [2.75, 3.05) is 6.54 Å². The van der Waals surface area contributed by atoms with Gasteiger partial charge in [-0.1, -0.05) is 25.1 Å². The number of hydrogen-bond acceptors (Lipinski definition) is 3. The monoisotopic (exact) mass is 266 g/mol. The van der Waals surface area contributed by atoms with E-state index in [-0.39, 0.29) is 6.04 Å². The summed E-state index contributed by atoms with van der Waals surface area (Å²) in [5.41, 5.74) is 2.42. The first-order valence-corrected chi connectivity index (χ1v) is 6.85. The average molecular weight is 266 g/mol. The van der Waals surface area contributed by atoms with E-state index in [0.717, 1.165) is 17.6 Å².